The topological polar surface area (TPSA) is 52.4 Å². The number of aryl methyl sites for hydroxylation is 1. The first-order valence-electron chi connectivity index (χ1n) is 6.04. The number of ether oxygens (including phenoxy) is 1. The normalized spacial score (nSPS) is 16.1. The molecule has 0 saturated heterocycles. The number of nitro groups is 1. The van der Waals surface area contributed by atoms with Crippen molar-refractivity contribution < 1.29 is 9.66 Å². The van der Waals surface area contributed by atoms with Crippen molar-refractivity contribution in [2.45, 2.75) is 32.6 Å². The van der Waals surface area contributed by atoms with E-state index in [4.69, 9.17) is 4.74 Å². The fraction of sp³-hybridized carbons (Fsp3) is 0.538. The Kier molecular flexibility index (Phi) is 3.61. The number of nitrogens with zero attached hydrogens (tertiary/aromatic N) is 1. The summed E-state index contributed by atoms with van der Waals surface area (Å²) in [5.74, 6) is 0.969. The van der Waals surface area contributed by atoms with Gasteiger partial charge in [-0.3, -0.25) is 10.1 Å². The van der Waals surface area contributed by atoms with Crippen molar-refractivity contribution in [3.8, 4) is 5.75 Å². The van der Waals surface area contributed by atoms with Gasteiger partial charge in [0.25, 0.3) is 0 Å². The molecule has 1 aliphatic carbocycles. The Bertz CT molecular complexity index is 411. The van der Waals surface area contributed by atoms with Crippen LogP contribution < -0.4 is 4.74 Å². The highest BCUT2D eigenvalue weighted by Gasteiger charge is 2.19. The molecule has 92 valence electrons. The van der Waals surface area contributed by atoms with Gasteiger partial charge in [-0.2, -0.15) is 0 Å². The third-order valence-electron chi connectivity index (χ3n) is 3.26. The molecule has 0 spiro atoms. The van der Waals surface area contributed by atoms with E-state index < -0.39 is 0 Å². The molecule has 1 fully saturated rings. The lowest BCUT2D eigenvalue weighted by Crippen LogP contribution is -2.09. The van der Waals surface area contributed by atoms with Gasteiger partial charge in [-0.15, -0.1) is 0 Å². The highest BCUT2D eigenvalue weighted by molar-refractivity contribution is 5.48. The molecular weight excluding hydrogens is 218 g/mol. The third kappa shape index (κ3) is 2.96. The molecule has 0 unspecified atom stereocenters. The molecule has 0 aliphatic heterocycles. The molecule has 0 aromatic heterocycles. The molecule has 2 rings (SSSR count). The molecule has 1 saturated carbocycles. The predicted molar refractivity (Wildman–Crippen MR) is 65.3 cm³/mol. The number of rotatable bonds is 4. The van der Waals surface area contributed by atoms with Crippen LogP contribution in [0.4, 0.5) is 5.69 Å². The molecule has 0 N–H and O–H groups in total. The van der Waals surface area contributed by atoms with Gasteiger partial charge in [0.1, 0.15) is 0 Å². The Morgan fingerprint density at radius 1 is 1.41 bits per heavy atom. The van der Waals surface area contributed by atoms with Crippen molar-refractivity contribution >= 4 is 5.69 Å². The van der Waals surface area contributed by atoms with E-state index in [1.807, 2.05) is 6.92 Å². The first kappa shape index (κ1) is 11.9. The van der Waals surface area contributed by atoms with Crippen LogP contribution in [-0.2, 0) is 0 Å². The van der Waals surface area contributed by atoms with E-state index in [0.717, 1.165) is 5.56 Å². The molecule has 4 nitrogen and oxygen atoms in total. The van der Waals surface area contributed by atoms with Crippen LogP contribution in [-0.4, -0.2) is 11.5 Å². The lowest BCUT2D eigenvalue weighted by Gasteiger charge is -2.11. The van der Waals surface area contributed by atoms with Gasteiger partial charge in [0, 0.05) is 6.07 Å². The predicted octanol–water partition coefficient (Wildman–Crippen LogP) is 3.47. The number of hydrogen-bond acceptors (Lipinski definition) is 3. The van der Waals surface area contributed by atoms with E-state index in [1.54, 1.807) is 12.1 Å². The molecule has 0 atom stereocenters. The van der Waals surface area contributed by atoms with Gasteiger partial charge in [0.15, 0.2) is 5.75 Å². The zero-order chi connectivity index (χ0) is 12.3. The van der Waals surface area contributed by atoms with Crippen molar-refractivity contribution in [1.29, 1.82) is 0 Å². The van der Waals surface area contributed by atoms with Gasteiger partial charge >= 0.3 is 5.69 Å². The van der Waals surface area contributed by atoms with E-state index in [9.17, 15) is 10.1 Å². The van der Waals surface area contributed by atoms with Gasteiger partial charge in [0.05, 0.1) is 11.5 Å². The zero-order valence-electron chi connectivity index (χ0n) is 10.0. The second-order valence-corrected chi connectivity index (χ2v) is 4.69. The van der Waals surface area contributed by atoms with E-state index in [2.05, 4.69) is 0 Å². The quantitative estimate of drug-likeness (QED) is 0.593. The van der Waals surface area contributed by atoms with Crippen LogP contribution in [0.3, 0.4) is 0 Å². The van der Waals surface area contributed by atoms with E-state index in [0.29, 0.717) is 18.3 Å². The Morgan fingerprint density at radius 2 is 2.12 bits per heavy atom. The van der Waals surface area contributed by atoms with Crippen molar-refractivity contribution in [2.75, 3.05) is 6.61 Å². The minimum absolute atomic E-state index is 0.0635. The number of nitro benzene ring substituents is 1. The number of benzene rings is 1. The maximum Gasteiger partial charge on any atom is 0.310 e. The second-order valence-electron chi connectivity index (χ2n) is 4.69. The van der Waals surface area contributed by atoms with Gasteiger partial charge in [-0.05, 0) is 37.3 Å². The molecule has 17 heavy (non-hydrogen) atoms. The summed E-state index contributed by atoms with van der Waals surface area (Å²) in [6.45, 7) is 2.51. The van der Waals surface area contributed by atoms with Gasteiger partial charge in [-0.25, -0.2) is 0 Å². The van der Waals surface area contributed by atoms with Crippen LogP contribution in [0.1, 0.15) is 31.2 Å². The lowest BCUT2D eigenvalue weighted by molar-refractivity contribution is -0.385. The van der Waals surface area contributed by atoms with Crippen LogP contribution in [0.5, 0.6) is 5.75 Å². The zero-order valence-corrected chi connectivity index (χ0v) is 10.0. The van der Waals surface area contributed by atoms with E-state index in [1.165, 1.54) is 31.7 Å². The summed E-state index contributed by atoms with van der Waals surface area (Å²) in [6.07, 6.45) is 4.87. The Morgan fingerprint density at radius 3 is 2.76 bits per heavy atom. The molecule has 4 heteroatoms. The van der Waals surface area contributed by atoms with Crippen LogP contribution >= 0.6 is 0 Å². The van der Waals surface area contributed by atoms with Gasteiger partial charge in [-0.1, -0.05) is 18.9 Å². The van der Waals surface area contributed by atoms with Crippen LogP contribution in [0.2, 0.25) is 0 Å². The molecule has 0 radical (unpaired) electrons. The fourth-order valence-electron chi connectivity index (χ4n) is 2.27. The van der Waals surface area contributed by atoms with Crippen molar-refractivity contribution in [3.63, 3.8) is 0 Å². The molecule has 0 heterocycles. The molecule has 0 amide bonds. The summed E-state index contributed by atoms with van der Waals surface area (Å²) in [7, 11) is 0. The smallest absolute Gasteiger partial charge is 0.310 e. The standard InChI is InChI=1S/C13H17NO3/c1-10-6-7-12(14(15)16)13(8-10)17-9-11-4-2-3-5-11/h6-8,11H,2-5,9H2,1H3. The van der Waals surface area contributed by atoms with Crippen LogP contribution in [0.25, 0.3) is 0 Å². The maximum atomic E-state index is 10.9. The maximum absolute atomic E-state index is 10.9. The van der Waals surface area contributed by atoms with Crippen molar-refractivity contribution in [3.05, 3.63) is 33.9 Å². The Balaban J connectivity index is 2.07. The lowest BCUT2D eigenvalue weighted by atomic mass is 10.1. The molecule has 0 bridgehead atoms. The van der Waals surface area contributed by atoms with Crippen molar-refractivity contribution in [1.82, 2.24) is 0 Å². The Hall–Kier alpha value is -1.58. The summed E-state index contributed by atoms with van der Waals surface area (Å²) in [5, 5.41) is 10.9. The average Bonchev–Trinajstić information content (AvgIpc) is 2.78. The van der Waals surface area contributed by atoms with E-state index >= 15 is 0 Å². The summed E-state index contributed by atoms with van der Waals surface area (Å²) < 4.78 is 5.62. The first-order chi connectivity index (χ1) is 8.16. The summed E-state index contributed by atoms with van der Waals surface area (Å²) in [5.41, 5.74) is 1.05. The van der Waals surface area contributed by atoms with Crippen molar-refractivity contribution in [2.24, 2.45) is 5.92 Å². The highest BCUT2D eigenvalue weighted by Crippen LogP contribution is 2.30. The highest BCUT2D eigenvalue weighted by atomic mass is 16.6. The minimum atomic E-state index is -0.385. The Labute approximate surface area is 101 Å². The SMILES string of the molecule is Cc1ccc([N+](=O)[O-])c(OCC2CCCC2)c1. The van der Waals surface area contributed by atoms with Crippen LogP contribution in [0, 0.1) is 23.0 Å². The summed E-state index contributed by atoms with van der Waals surface area (Å²) >= 11 is 0. The molecule has 1 aromatic carbocycles. The number of hydrogen-bond donors (Lipinski definition) is 0. The molecule has 1 aliphatic rings. The van der Waals surface area contributed by atoms with Crippen LogP contribution in [0.15, 0.2) is 18.2 Å². The second kappa shape index (κ2) is 5.17. The first-order valence-corrected chi connectivity index (χ1v) is 6.04. The summed E-state index contributed by atoms with van der Waals surface area (Å²) in [6, 6.07) is 4.99. The monoisotopic (exact) mass is 235 g/mol. The third-order valence-corrected chi connectivity index (χ3v) is 3.26. The fourth-order valence-corrected chi connectivity index (χ4v) is 2.27. The summed E-state index contributed by atoms with van der Waals surface area (Å²) in [4.78, 5) is 10.5. The largest absolute Gasteiger partial charge is 0.487 e. The van der Waals surface area contributed by atoms with Gasteiger partial charge < -0.3 is 4.74 Å². The minimum Gasteiger partial charge on any atom is -0.487 e. The average molecular weight is 235 g/mol. The molecule has 1 aromatic rings. The van der Waals surface area contributed by atoms with E-state index in [-0.39, 0.29) is 10.6 Å². The molecular formula is C13H17NO3. The van der Waals surface area contributed by atoms with Gasteiger partial charge in [0.2, 0.25) is 0 Å².